The van der Waals surface area contributed by atoms with Gasteiger partial charge in [-0.25, -0.2) is 0 Å². The molecule has 1 fully saturated rings. The molecule has 1 atom stereocenters. The van der Waals surface area contributed by atoms with Crippen LogP contribution in [0.1, 0.15) is 59.8 Å². The fraction of sp³-hybridized carbons (Fsp3) is 0.733. The third-order valence-electron chi connectivity index (χ3n) is 4.38. The molecule has 0 radical (unpaired) electrons. The molecular formula is C15H24. The molecule has 0 nitrogen and oxygen atoms in total. The molecule has 0 bridgehead atoms. The van der Waals surface area contributed by atoms with Gasteiger partial charge < -0.3 is 0 Å². The quantitative estimate of drug-likeness (QED) is 0.494. The van der Waals surface area contributed by atoms with E-state index in [0.29, 0.717) is 5.41 Å². The highest BCUT2D eigenvalue weighted by atomic mass is 14.5. The van der Waals surface area contributed by atoms with Crippen LogP contribution in [-0.2, 0) is 0 Å². The smallest absolute Gasteiger partial charge is 0.0111 e. The van der Waals surface area contributed by atoms with Crippen LogP contribution >= 0.6 is 0 Å². The first-order chi connectivity index (χ1) is 7.00. The second-order valence-electron chi connectivity index (χ2n) is 6.16. The van der Waals surface area contributed by atoms with E-state index in [1.165, 1.54) is 32.1 Å². The molecule has 1 saturated carbocycles. The lowest BCUT2D eigenvalue weighted by Gasteiger charge is -2.48. The summed E-state index contributed by atoms with van der Waals surface area (Å²) in [6.45, 7) is 9.51. The molecule has 0 aromatic rings. The summed E-state index contributed by atoms with van der Waals surface area (Å²) in [5.41, 5.74) is 5.64. The van der Waals surface area contributed by atoms with Gasteiger partial charge in [-0.15, -0.1) is 0 Å². The van der Waals surface area contributed by atoms with E-state index in [0.717, 1.165) is 5.92 Å². The molecule has 0 heteroatoms. The molecule has 0 saturated heterocycles. The van der Waals surface area contributed by atoms with Crippen LogP contribution in [0.15, 0.2) is 22.8 Å². The third kappa shape index (κ3) is 2.04. The van der Waals surface area contributed by atoms with Crippen molar-refractivity contribution in [1.29, 1.82) is 0 Å². The summed E-state index contributed by atoms with van der Waals surface area (Å²) in [5, 5.41) is 0. The average molecular weight is 204 g/mol. The first kappa shape index (κ1) is 11.0. The topological polar surface area (TPSA) is 0 Å². The zero-order valence-electron chi connectivity index (χ0n) is 10.7. The van der Waals surface area contributed by atoms with Gasteiger partial charge in [-0.1, -0.05) is 36.6 Å². The highest BCUT2D eigenvalue weighted by Gasteiger charge is 2.42. The van der Waals surface area contributed by atoms with E-state index in [1.54, 1.807) is 16.7 Å². The molecule has 2 rings (SSSR count). The second-order valence-corrected chi connectivity index (χ2v) is 6.16. The first-order valence-corrected chi connectivity index (χ1v) is 6.35. The van der Waals surface area contributed by atoms with E-state index in [2.05, 4.69) is 33.8 Å². The molecule has 0 N–H and O–H groups in total. The Morgan fingerprint density at radius 1 is 1.20 bits per heavy atom. The zero-order chi connectivity index (χ0) is 11.1. The number of rotatable bonds is 0. The lowest BCUT2D eigenvalue weighted by atomic mass is 9.57. The van der Waals surface area contributed by atoms with E-state index >= 15 is 0 Å². The van der Waals surface area contributed by atoms with Gasteiger partial charge in [0.1, 0.15) is 0 Å². The Balaban J connectivity index is 2.23. The largest absolute Gasteiger partial charge is 0.0850 e. The monoisotopic (exact) mass is 204 g/mol. The van der Waals surface area contributed by atoms with Gasteiger partial charge in [0.2, 0.25) is 0 Å². The summed E-state index contributed by atoms with van der Waals surface area (Å²) >= 11 is 0. The SMILES string of the molecule is C/C1=C/CC2/C(=C(/C)CCC1)CC2(C)C. The van der Waals surface area contributed by atoms with Gasteiger partial charge in [-0.2, -0.15) is 0 Å². The molecule has 0 aromatic heterocycles. The Hall–Kier alpha value is -0.520. The predicted octanol–water partition coefficient (Wildman–Crippen LogP) is 4.87. The van der Waals surface area contributed by atoms with Crippen LogP contribution in [0.3, 0.4) is 0 Å². The molecule has 84 valence electrons. The van der Waals surface area contributed by atoms with Crippen molar-refractivity contribution in [1.82, 2.24) is 0 Å². The maximum atomic E-state index is 2.49. The maximum Gasteiger partial charge on any atom is -0.0111 e. The van der Waals surface area contributed by atoms with Gasteiger partial charge in [0, 0.05) is 0 Å². The molecule has 2 aliphatic carbocycles. The summed E-state index contributed by atoms with van der Waals surface area (Å²) in [6.07, 6.45) is 9.10. The normalized spacial score (nSPS) is 38.9. The molecule has 0 heterocycles. The van der Waals surface area contributed by atoms with Crippen molar-refractivity contribution in [2.24, 2.45) is 11.3 Å². The van der Waals surface area contributed by atoms with Crippen molar-refractivity contribution in [2.75, 3.05) is 0 Å². The van der Waals surface area contributed by atoms with E-state index < -0.39 is 0 Å². The Labute approximate surface area is 94.5 Å². The standard InChI is InChI=1S/C15H24/c1-11-6-5-7-12(2)13-10-15(3,4)14(13)9-8-11/h8,14H,5-7,9-10H2,1-4H3/b11-8-,13-12-. The van der Waals surface area contributed by atoms with Gasteiger partial charge in [0.25, 0.3) is 0 Å². The minimum Gasteiger partial charge on any atom is -0.0850 e. The fourth-order valence-electron chi connectivity index (χ4n) is 3.20. The fourth-order valence-corrected chi connectivity index (χ4v) is 3.20. The van der Waals surface area contributed by atoms with E-state index in [4.69, 9.17) is 0 Å². The van der Waals surface area contributed by atoms with Crippen LogP contribution in [0.25, 0.3) is 0 Å². The summed E-state index contributed by atoms with van der Waals surface area (Å²) in [5.74, 6) is 0.838. The third-order valence-corrected chi connectivity index (χ3v) is 4.38. The zero-order valence-corrected chi connectivity index (χ0v) is 10.7. The minimum absolute atomic E-state index is 0.553. The summed E-state index contributed by atoms with van der Waals surface area (Å²) in [7, 11) is 0. The molecule has 2 aliphatic rings. The van der Waals surface area contributed by atoms with Gasteiger partial charge >= 0.3 is 0 Å². The second kappa shape index (κ2) is 3.81. The minimum atomic E-state index is 0.553. The first-order valence-electron chi connectivity index (χ1n) is 6.35. The van der Waals surface area contributed by atoms with Crippen LogP contribution < -0.4 is 0 Å². The van der Waals surface area contributed by atoms with Crippen LogP contribution in [0.2, 0.25) is 0 Å². The van der Waals surface area contributed by atoms with E-state index in [1.807, 2.05) is 0 Å². The van der Waals surface area contributed by atoms with E-state index in [-0.39, 0.29) is 0 Å². The van der Waals surface area contributed by atoms with Crippen molar-refractivity contribution < 1.29 is 0 Å². The van der Waals surface area contributed by atoms with Crippen molar-refractivity contribution in [2.45, 2.75) is 59.8 Å². The van der Waals surface area contributed by atoms with Gasteiger partial charge in [0.05, 0.1) is 0 Å². The van der Waals surface area contributed by atoms with Crippen LogP contribution in [0.4, 0.5) is 0 Å². The Bertz CT molecular complexity index is 315. The Morgan fingerprint density at radius 2 is 1.93 bits per heavy atom. The molecule has 0 aliphatic heterocycles. The number of fused-ring (bicyclic) bond motifs is 1. The summed E-state index contributed by atoms with van der Waals surface area (Å²) in [6, 6.07) is 0. The Morgan fingerprint density at radius 3 is 2.60 bits per heavy atom. The maximum absolute atomic E-state index is 2.49. The predicted molar refractivity (Wildman–Crippen MR) is 66.8 cm³/mol. The molecular weight excluding hydrogens is 180 g/mol. The summed E-state index contributed by atoms with van der Waals surface area (Å²) in [4.78, 5) is 0. The summed E-state index contributed by atoms with van der Waals surface area (Å²) < 4.78 is 0. The lowest BCUT2D eigenvalue weighted by molar-refractivity contribution is 0.154. The van der Waals surface area contributed by atoms with Gasteiger partial charge in [-0.3, -0.25) is 0 Å². The van der Waals surface area contributed by atoms with Crippen LogP contribution in [-0.4, -0.2) is 0 Å². The van der Waals surface area contributed by atoms with Crippen LogP contribution in [0.5, 0.6) is 0 Å². The van der Waals surface area contributed by atoms with Crippen molar-refractivity contribution in [3.8, 4) is 0 Å². The molecule has 0 spiro atoms. The lowest BCUT2D eigenvalue weighted by Crippen LogP contribution is -2.37. The van der Waals surface area contributed by atoms with Gasteiger partial charge in [-0.05, 0) is 57.3 Å². The van der Waals surface area contributed by atoms with Crippen LogP contribution in [0, 0.1) is 11.3 Å². The highest BCUT2D eigenvalue weighted by molar-refractivity contribution is 5.29. The van der Waals surface area contributed by atoms with Crippen molar-refractivity contribution in [3.63, 3.8) is 0 Å². The molecule has 0 aromatic carbocycles. The van der Waals surface area contributed by atoms with E-state index in [9.17, 15) is 0 Å². The number of allylic oxidation sites excluding steroid dienone is 4. The molecule has 1 unspecified atom stereocenters. The molecule has 0 amide bonds. The number of hydrogen-bond acceptors (Lipinski definition) is 0. The van der Waals surface area contributed by atoms with Gasteiger partial charge in [0.15, 0.2) is 0 Å². The van der Waals surface area contributed by atoms with Crippen molar-refractivity contribution >= 4 is 0 Å². The highest BCUT2D eigenvalue weighted by Crippen LogP contribution is 2.54. The number of hydrogen-bond donors (Lipinski definition) is 0. The average Bonchev–Trinajstić information content (AvgIpc) is 2.18. The van der Waals surface area contributed by atoms with Crippen molar-refractivity contribution in [3.05, 3.63) is 22.8 Å². The Kier molecular flexibility index (Phi) is 2.79. The molecule has 15 heavy (non-hydrogen) atoms.